The van der Waals surface area contributed by atoms with Crippen LogP contribution in [0.5, 0.6) is 0 Å². The van der Waals surface area contributed by atoms with Crippen molar-refractivity contribution in [2.45, 2.75) is 6.92 Å². The largest absolute Gasteiger partial charge is 0.380 e. The Balaban J connectivity index is 2.06. The van der Waals surface area contributed by atoms with E-state index in [1.165, 1.54) is 0 Å². The SMILES string of the molecule is C=C=CCOCC1(C)COC1. The molecule has 11 heavy (non-hydrogen) atoms. The Hall–Kier alpha value is -0.560. The van der Waals surface area contributed by atoms with E-state index in [-0.39, 0.29) is 5.41 Å². The first-order valence-corrected chi connectivity index (χ1v) is 3.77. The summed E-state index contributed by atoms with van der Waals surface area (Å²) in [5.74, 6) is 0. The van der Waals surface area contributed by atoms with Crippen LogP contribution < -0.4 is 0 Å². The number of hydrogen-bond donors (Lipinski definition) is 0. The van der Waals surface area contributed by atoms with Crippen molar-refractivity contribution in [3.63, 3.8) is 0 Å². The zero-order chi connectivity index (χ0) is 8.16. The van der Waals surface area contributed by atoms with Gasteiger partial charge in [-0.3, -0.25) is 0 Å². The lowest BCUT2D eigenvalue weighted by atomic mass is 9.90. The summed E-state index contributed by atoms with van der Waals surface area (Å²) in [7, 11) is 0. The molecule has 0 saturated carbocycles. The molecule has 62 valence electrons. The van der Waals surface area contributed by atoms with Crippen LogP contribution in [0.25, 0.3) is 0 Å². The minimum absolute atomic E-state index is 0.259. The summed E-state index contributed by atoms with van der Waals surface area (Å²) >= 11 is 0. The maximum Gasteiger partial charge on any atom is 0.0721 e. The molecule has 1 aliphatic rings. The van der Waals surface area contributed by atoms with Crippen LogP contribution in [-0.4, -0.2) is 26.4 Å². The second-order valence-electron chi connectivity index (χ2n) is 3.23. The normalized spacial score (nSPS) is 20.1. The molecule has 0 atom stereocenters. The van der Waals surface area contributed by atoms with Gasteiger partial charge >= 0.3 is 0 Å². The molecule has 0 N–H and O–H groups in total. The third-order valence-corrected chi connectivity index (χ3v) is 1.70. The summed E-state index contributed by atoms with van der Waals surface area (Å²) in [6, 6.07) is 0. The lowest BCUT2D eigenvalue weighted by Gasteiger charge is -2.37. The minimum atomic E-state index is 0.259. The van der Waals surface area contributed by atoms with Gasteiger partial charge in [-0.2, -0.15) is 0 Å². The quantitative estimate of drug-likeness (QED) is 0.450. The first-order chi connectivity index (χ1) is 5.27. The smallest absolute Gasteiger partial charge is 0.0721 e. The monoisotopic (exact) mass is 154 g/mol. The van der Waals surface area contributed by atoms with Crippen LogP contribution in [0.2, 0.25) is 0 Å². The predicted octanol–water partition coefficient (Wildman–Crippen LogP) is 1.38. The topological polar surface area (TPSA) is 18.5 Å². The zero-order valence-electron chi connectivity index (χ0n) is 6.93. The van der Waals surface area contributed by atoms with Gasteiger partial charge < -0.3 is 9.47 Å². The third-order valence-electron chi connectivity index (χ3n) is 1.70. The van der Waals surface area contributed by atoms with Crippen molar-refractivity contribution >= 4 is 0 Å². The van der Waals surface area contributed by atoms with Gasteiger partial charge in [0.05, 0.1) is 26.4 Å². The second kappa shape index (κ2) is 3.72. The van der Waals surface area contributed by atoms with Crippen LogP contribution in [0.1, 0.15) is 6.92 Å². The summed E-state index contributed by atoms with van der Waals surface area (Å²) in [6.45, 7) is 8.63. The molecule has 0 unspecified atom stereocenters. The van der Waals surface area contributed by atoms with Crippen molar-refractivity contribution in [3.05, 3.63) is 18.4 Å². The molecule has 0 radical (unpaired) electrons. The van der Waals surface area contributed by atoms with E-state index in [4.69, 9.17) is 9.47 Å². The Bertz CT molecular complexity index is 164. The molecule has 0 aliphatic carbocycles. The highest BCUT2D eigenvalue weighted by Crippen LogP contribution is 2.26. The van der Waals surface area contributed by atoms with Crippen LogP contribution in [0.15, 0.2) is 18.4 Å². The Morgan fingerprint density at radius 2 is 2.45 bits per heavy atom. The molecule has 0 aromatic carbocycles. The van der Waals surface area contributed by atoms with Crippen molar-refractivity contribution in [1.82, 2.24) is 0 Å². The highest BCUT2D eigenvalue weighted by molar-refractivity contribution is 4.81. The van der Waals surface area contributed by atoms with Crippen molar-refractivity contribution in [3.8, 4) is 0 Å². The summed E-state index contributed by atoms with van der Waals surface area (Å²) in [6.07, 6.45) is 1.78. The standard InChI is InChI=1S/C9H14O2/c1-3-4-5-10-6-9(2)7-11-8-9/h4H,1,5-8H2,2H3. The van der Waals surface area contributed by atoms with E-state index in [0.717, 1.165) is 19.8 Å². The zero-order valence-corrected chi connectivity index (χ0v) is 6.93. The fraction of sp³-hybridized carbons (Fsp3) is 0.667. The van der Waals surface area contributed by atoms with E-state index in [1.807, 2.05) is 0 Å². The maximum absolute atomic E-state index is 5.34. The van der Waals surface area contributed by atoms with Gasteiger partial charge in [-0.15, -0.1) is 5.73 Å². The van der Waals surface area contributed by atoms with Crippen molar-refractivity contribution in [2.24, 2.45) is 5.41 Å². The minimum Gasteiger partial charge on any atom is -0.380 e. The van der Waals surface area contributed by atoms with E-state index < -0.39 is 0 Å². The maximum atomic E-state index is 5.34. The molecular formula is C9H14O2. The van der Waals surface area contributed by atoms with Gasteiger partial charge in [0.25, 0.3) is 0 Å². The summed E-state index contributed by atoms with van der Waals surface area (Å²) in [5.41, 5.74) is 2.92. The van der Waals surface area contributed by atoms with Gasteiger partial charge in [0.15, 0.2) is 0 Å². The molecule has 1 rings (SSSR count). The summed E-state index contributed by atoms with van der Waals surface area (Å²) in [5, 5.41) is 0. The molecule has 1 aliphatic heterocycles. The van der Waals surface area contributed by atoms with E-state index in [9.17, 15) is 0 Å². The molecule has 1 fully saturated rings. The summed E-state index contributed by atoms with van der Waals surface area (Å²) in [4.78, 5) is 0. The highest BCUT2D eigenvalue weighted by Gasteiger charge is 2.33. The summed E-state index contributed by atoms with van der Waals surface area (Å²) < 4.78 is 10.4. The lowest BCUT2D eigenvalue weighted by Crippen LogP contribution is -2.43. The molecule has 2 heteroatoms. The van der Waals surface area contributed by atoms with Crippen LogP contribution in [0, 0.1) is 5.41 Å². The first kappa shape index (κ1) is 8.54. The van der Waals surface area contributed by atoms with Gasteiger partial charge in [0.2, 0.25) is 0 Å². The average molecular weight is 154 g/mol. The Kier molecular flexibility index (Phi) is 2.89. The van der Waals surface area contributed by atoms with Crippen LogP contribution in [0.4, 0.5) is 0 Å². The van der Waals surface area contributed by atoms with E-state index in [2.05, 4.69) is 19.2 Å². The molecule has 0 aromatic heterocycles. The van der Waals surface area contributed by atoms with Crippen molar-refractivity contribution < 1.29 is 9.47 Å². The molecule has 0 amide bonds. The van der Waals surface area contributed by atoms with Crippen LogP contribution in [0.3, 0.4) is 0 Å². The van der Waals surface area contributed by atoms with E-state index in [0.29, 0.717) is 6.61 Å². The molecular weight excluding hydrogens is 140 g/mol. The fourth-order valence-electron chi connectivity index (χ4n) is 0.957. The molecule has 1 heterocycles. The number of ether oxygens (including phenoxy) is 2. The molecule has 0 aromatic rings. The van der Waals surface area contributed by atoms with Crippen molar-refractivity contribution in [2.75, 3.05) is 26.4 Å². The molecule has 2 nitrogen and oxygen atoms in total. The van der Waals surface area contributed by atoms with Gasteiger partial charge in [0.1, 0.15) is 0 Å². The molecule has 0 bridgehead atoms. The Morgan fingerprint density at radius 1 is 1.73 bits per heavy atom. The Labute approximate surface area is 67.5 Å². The fourth-order valence-corrected chi connectivity index (χ4v) is 0.957. The second-order valence-corrected chi connectivity index (χ2v) is 3.23. The van der Waals surface area contributed by atoms with E-state index >= 15 is 0 Å². The number of rotatable bonds is 4. The predicted molar refractivity (Wildman–Crippen MR) is 43.5 cm³/mol. The van der Waals surface area contributed by atoms with Crippen LogP contribution in [-0.2, 0) is 9.47 Å². The Morgan fingerprint density at radius 3 is 2.91 bits per heavy atom. The van der Waals surface area contributed by atoms with Gasteiger partial charge in [-0.25, -0.2) is 0 Å². The average Bonchev–Trinajstić information content (AvgIpc) is 1.95. The van der Waals surface area contributed by atoms with E-state index in [1.54, 1.807) is 6.08 Å². The van der Waals surface area contributed by atoms with Crippen LogP contribution >= 0.6 is 0 Å². The lowest BCUT2D eigenvalue weighted by molar-refractivity contribution is -0.135. The van der Waals surface area contributed by atoms with Gasteiger partial charge in [0, 0.05) is 5.41 Å². The molecule has 1 saturated heterocycles. The first-order valence-electron chi connectivity index (χ1n) is 3.77. The van der Waals surface area contributed by atoms with Gasteiger partial charge in [-0.1, -0.05) is 13.5 Å². The van der Waals surface area contributed by atoms with Gasteiger partial charge in [-0.05, 0) is 6.08 Å². The number of hydrogen-bond acceptors (Lipinski definition) is 2. The third kappa shape index (κ3) is 2.51. The van der Waals surface area contributed by atoms with Crippen molar-refractivity contribution in [1.29, 1.82) is 0 Å². The molecule has 0 spiro atoms. The highest BCUT2D eigenvalue weighted by atomic mass is 16.5.